The molecule has 6 heteroatoms. The molecule has 118 valence electrons. The number of nitrogens with zero attached hydrogens (tertiary/aromatic N) is 2. The van der Waals surface area contributed by atoms with Crippen molar-refractivity contribution in [2.45, 2.75) is 18.9 Å². The van der Waals surface area contributed by atoms with Crippen molar-refractivity contribution in [3.63, 3.8) is 0 Å². The number of nitrogens with one attached hydrogen (secondary N) is 1. The van der Waals surface area contributed by atoms with Crippen LogP contribution >= 0.6 is 11.3 Å². The molecule has 0 spiro atoms. The van der Waals surface area contributed by atoms with Gasteiger partial charge in [0.25, 0.3) is 5.91 Å². The summed E-state index contributed by atoms with van der Waals surface area (Å²) in [5.74, 6) is -0.418. The molecule has 1 aliphatic rings. The molecule has 0 atom stereocenters. The van der Waals surface area contributed by atoms with Gasteiger partial charge in [-0.25, -0.2) is 4.39 Å². The van der Waals surface area contributed by atoms with Gasteiger partial charge in [-0.2, -0.15) is 16.6 Å². The van der Waals surface area contributed by atoms with Crippen LogP contribution in [0, 0.1) is 17.1 Å². The molecule has 0 saturated carbocycles. The van der Waals surface area contributed by atoms with Crippen molar-refractivity contribution in [2.24, 2.45) is 0 Å². The van der Waals surface area contributed by atoms with Crippen LogP contribution in [0.5, 0.6) is 0 Å². The number of anilines is 1. The first-order valence-corrected chi connectivity index (χ1v) is 8.39. The summed E-state index contributed by atoms with van der Waals surface area (Å²) < 4.78 is 14.1. The second-order valence-corrected chi connectivity index (χ2v) is 6.30. The lowest BCUT2D eigenvalue weighted by Gasteiger charge is -2.34. The van der Waals surface area contributed by atoms with Crippen LogP contribution < -0.4 is 10.2 Å². The van der Waals surface area contributed by atoms with Crippen LogP contribution in [-0.4, -0.2) is 25.0 Å². The summed E-state index contributed by atoms with van der Waals surface area (Å²) in [6.45, 7) is 1.36. The summed E-state index contributed by atoms with van der Waals surface area (Å²) >= 11 is 1.50. The standard InChI is InChI=1S/C17H16FN3OS/c18-15-9-12(10-19)1-2-16(15)21-6-3-14(4-7-21)20-17(22)13-5-8-23-11-13/h1-2,5,8-9,11,14H,3-4,6-7H2,(H,20,22). The number of halogens is 1. The monoisotopic (exact) mass is 329 g/mol. The van der Waals surface area contributed by atoms with E-state index in [0.717, 1.165) is 12.8 Å². The van der Waals surface area contributed by atoms with Crippen LogP contribution in [0.15, 0.2) is 35.0 Å². The van der Waals surface area contributed by atoms with Crippen LogP contribution in [0.4, 0.5) is 10.1 Å². The molecule has 1 aromatic heterocycles. The number of piperidine rings is 1. The van der Waals surface area contributed by atoms with Crippen molar-refractivity contribution in [3.8, 4) is 6.07 Å². The van der Waals surface area contributed by atoms with E-state index >= 15 is 0 Å². The lowest BCUT2D eigenvalue weighted by Crippen LogP contribution is -2.44. The molecule has 1 amide bonds. The zero-order valence-corrected chi connectivity index (χ0v) is 13.3. The highest BCUT2D eigenvalue weighted by molar-refractivity contribution is 7.08. The topological polar surface area (TPSA) is 56.1 Å². The maximum absolute atomic E-state index is 14.1. The van der Waals surface area contributed by atoms with Crippen molar-refractivity contribution < 1.29 is 9.18 Å². The average Bonchev–Trinajstić information content (AvgIpc) is 3.10. The van der Waals surface area contributed by atoms with Gasteiger partial charge in [0.1, 0.15) is 5.82 Å². The van der Waals surface area contributed by atoms with E-state index in [1.165, 1.54) is 17.4 Å². The third-order valence-corrected chi connectivity index (χ3v) is 4.71. The van der Waals surface area contributed by atoms with Gasteiger partial charge in [-0.05, 0) is 42.5 Å². The van der Waals surface area contributed by atoms with Crippen LogP contribution in [0.25, 0.3) is 0 Å². The maximum Gasteiger partial charge on any atom is 0.252 e. The molecule has 1 fully saturated rings. The first-order valence-electron chi connectivity index (χ1n) is 7.45. The molecule has 1 saturated heterocycles. The Balaban J connectivity index is 1.58. The highest BCUT2D eigenvalue weighted by Crippen LogP contribution is 2.24. The third kappa shape index (κ3) is 3.51. The minimum Gasteiger partial charge on any atom is -0.369 e. The Labute approximate surface area is 138 Å². The number of thiophene rings is 1. The number of nitriles is 1. The van der Waals surface area contributed by atoms with Crippen molar-refractivity contribution in [3.05, 3.63) is 52.0 Å². The average molecular weight is 329 g/mol. The molecule has 1 aromatic carbocycles. The minimum atomic E-state index is -0.371. The van der Waals surface area contributed by atoms with Crippen LogP contribution in [0.3, 0.4) is 0 Å². The molecule has 1 N–H and O–H groups in total. The van der Waals surface area contributed by atoms with Crippen LogP contribution in [-0.2, 0) is 0 Å². The van der Waals surface area contributed by atoms with E-state index in [2.05, 4.69) is 5.32 Å². The van der Waals surface area contributed by atoms with E-state index in [1.54, 1.807) is 18.2 Å². The fourth-order valence-electron chi connectivity index (χ4n) is 2.76. The number of hydrogen-bond donors (Lipinski definition) is 1. The van der Waals surface area contributed by atoms with Crippen molar-refractivity contribution in [1.29, 1.82) is 5.26 Å². The van der Waals surface area contributed by atoms with E-state index in [0.29, 0.717) is 29.9 Å². The van der Waals surface area contributed by atoms with Crippen molar-refractivity contribution in [2.75, 3.05) is 18.0 Å². The minimum absolute atomic E-state index is 0.0470. The smallest absolute Gasteiger partial charge is 0.252 e. The number of benzene rings is 1. The molecule has 2 aromatic rings. The van der Waals surface area contributed by atoms with E-state index in [-0.39, 0.29) is 17.8 Å². The third-order valence-electron chi connectivity index (χ3n) is 4.03. The Morgan fingerprint density at radius 2 is 2.13 bits per heavy atom. The van der Waals surface area contributed by atoms with E-state index in [1.807, 2.05) is 21.7 Å². The molecule has 1 aliphatic heterocycles. The van der Waals surface area contributed by atoms with Gasteiger partial charge in [-0.3, -0.25) is 4.79 Å². The summed E-state index contributed by atoms with van der Waals surface area (Å²) in [6.07, 6.45) is 1.55. The summed E-state index contributed by atoms with van der Waals surface area (Å²) in [5, 5.41) is 15.5. The van der Waals surface area contributed by atoms with Gasteiger partial charge in [0.15, 0.2) is 0 Å². The van der Waals surface area contributed by atoms with E-state index < -0.39 is 0 Å². The number of carbonyl (C=O) groups excluding carboxylic acids is 1. The zero-order valence-electron chi connectivity index (χ0n) is 12.5. The van der Waals surface area contributed by atoms with Gasteiger partial charge in [-0.1, -0.05) is 0 Å². The Hall–Kier alpha value is -2.39. The second kappa shape index (κ2) is 6.80. The van der Waals surface area contributed by atoms with Crippen LogP contribution in [0.2, 0.25) is 0 Å². The number of hydrogen-bond acceptors (Lipinski definition) is 4. The first kappa shape index (κ1) is 15.5. The van der Waals surface area contributed by atoms with Crippen molar-refractivity contribution >= 4 is 22.9 Å². The Bertz CT molecular complexity index is 731. The molecule has 23 heavy (non-hydrogen) atoms. The van der Waals surface area contributed by atoms with Gasteiger partial charge in [0.05, 0.1) is 17.3 Å². The zero-order chi connectivity index (χ0) is 16.2. The first-order chi connectivity index (χ1) is 11.2. The molecule has 3 rings (SSSR count). The molecule has 2 heterocycles. The van der Waals surface area contributed by atoms with E-state index in [4.69, 9.17) is 5.26 Å². The van der Waals surface area contributed by atoms with Crippen molar-refractivity contribution in [1.82, 2.24) is 5.32 Å². The molecule has 0 unspecified atom stereocenters. The summed E-state index contributed by atoms with van der Waals surface area (Å²) in [4.78, 5) is 14.0. The quantitative estimate of drug-likeness (QED) is 0.941. The lowest BCUT2D eigenvalue weighted by molar-refractivity contribution is 0.0931. The Morgan fingerprint density at radius 3 is 2.74 bits per heavy atom. The Morgan fingerprint density at radius 1 is 1.35 bits per heavy atom. The van der Waals surface area contributed by atoms with Gasteiger partial charge in [-0.15, -0.1) is 0 Å². The largest absolute Gasteiger partial charge is 0.369 e. The van der Waals surface area contributed by atoms with Gasteiger partial charge in [0, 0.05) is 30.1 Å². The fourth-order valence-corrected chi connectivity index (χ4v) is 3.40. The molecule has 4 nitrogen and oxygen atoms in total. The number of amides is 1. The normalized spacial score (nSPS) is 15.2. The molecular weight excluding hydrogens is 313 g/mol. The second-order valence-electron chi connectivity index (χ2n) is 5.52. The SMILES string of the molecule is N#Cc1ccc(N2CCC(NC(=O)c3ccsc3)CC2)c(F)c1. The maximum atomic E-state index is 14.1. The lowest BCUT2D eigenvalue weighted by atomic mass is 10.0. The van der Waals surface area contributed by atoms with Crippen LogP contribution in [0.1, 0.15) is 28.8 Å². The number of rotatable bonds is 3. The molecular formula is C17H16FN3OS. The Kier molecular flexibility index (Phi) is 4.58. The molecule has 0 radical (unpaired) electrons. The highest BCUT2D eigenvalue weighted by atomic mass is 32.1. The highest BCUT2D eigenvalue weighted by Gasteiger charge is 2.23. The predicted octanol–water partition coefficient (Wildman–Crippen LogP) is 3.16. The van der Waals surface area contributed by atoms with Gasteiger partial charge in [0.2, 0.25) is 0 Å². The summed E-state index contributed by atoms with van der Waals surface area (Å²) in [6, 6.07) is 8.40. The summed E-state index contributed by atoms with van der Waals surface area (Å²) in [7, 11) is 0. The van der Waals surface area contributed by atoms with Gasteiger partial charge >= 0.3 is 0 Å². The van der Waals surface area contributed by atoms with Gasteiger partial charge < -0.3 is 10.2 Å². The molecule has 0 aliphatic carbocycles. The number of carbonyl (C=O) groups is 1. The van der Waals surface area contributed by atoms with E-state index in [9.17, 15) is 9.18 Å². The fraction of sp³-hybridized carbons (Fsp3) is 0.294. The summed E-state index contributed by atoms with van der Waals surface area (Å²) in [5.41, 5.74) is 1.53. The predicted molar refractivity (Wildman–Crippen MR) is 88.1 cm³/mol. The molecule has 0 bridgehead atoms.